The van der Waals surface area contributed by atoms with Crippen LogP contribution in [0.25, 0.3) is 0 Å². The normalized spacial score (nSPS) is 11.1. The summed E-state index contributed by atoms with van der Waals surface area (Å²) in [5.74, 6) is 0.733. The number of nitrogens with two attached hydrogens (primary N) is 1. The van der Waals surface area contributed by atoms with Gasteiger partial charge in [0.1, 0.15) is 17.5 Å². The number of azo groups is 1. The summed E-state index contributed by atoms with van der Waals surface area (Å²) in [6.07, 6.45) is 3.74. The largest absolute Gasteiger partial charge is 0.382 e. The summed E-state index contributed by atoms with van der Waals surface area (Å²) in [6, 6.07) is 2.07. The van der Waals surface area contributed by atoms with Crippen LogP contribution in [0.15, 0.2) is 16.4 Å². The van der Waals surface area contributed by atoms with Crippen LogP contribution >= 0.6 is 0 Å². The highest BCUT2D eigenvalue weighted by molar-refractivity contribution is 5.61. The van der Waals surface area contributed by atoms with Gasteiger partial charge in [0.25, 0.3) is 0 Å². The summed E-state index contributed by atoms with van der Waals surface area (Å²) in [5, 5.41) is 25.7. The molecule has 2 aromatic heterocycles. The van der Waals surface area contributed by atoms with Gasteiger partial charge in [-0.1, -0.05) is 13.3 Å². The Morgan fingerprint density at radius 1 is 1.38 bits per heavy atom. The second-order valence-electron chi connectivity index (χ2n) is 4.74. The van der Waals surface area contributed by atoms with Crippen LogP contribution in [0.5, 0.6) is 0 Å². The first-order valence-electron chi connectivity index (χ1n) is 6.75. The number of rotatable bonds is 5. The van der Waals surface area contributed by atoms with Gasteiger partial charge in [-0.2, -0.15) is 10.4 Å². The van der Waals surface area contributed by atoms with Gasteiger partial charge in [0.15, 0.2) is 5.69 Å². The summed E-state index contributed by atoms with van der Waals surface area (Å²) in [4.78, 5) is 0. The fourth-order valence-electron chi connectivity index (χ4n) is 1.88. The summed E-state index contributed by atoms with van der Waals surface area (Å²) in [6.45, 7) is 4.66. The molecular weight excluding hydrogens is 268 g/mol. The summed E-state index contributed by atoms with van der Waals surface area (Å²) in [5.41, 5.74) is 7.45. The number of anilines is 1. The first-order chi connectivity index (χ1) is 10.1. The Kier molecular flexibility index (Phi) is 4.33. The quantitative estimate of drug-likeness (QED) is 0.851. The molecule has 0 fully saturated rings. The average Bonchev–Trinajstić information content (AvgIpc) is 2.97. The molecule has 0 unspecified atom stereocenters. The Hall–Kier alpha value is -2.69. The van der Waals surface area contributed by atoms with E-state index in [2.05, 4.69) is 33.4 Å². The van der Waals surface area contributed by atoms with E-state index in [1.54, 1.807) is 24.9 Å². The van der Waals surface area contributed by atoms with Crippen molar-refractivity contribution in [2.75, 3.05) is 5.73 Å². The first-order valence-corrected chi connectivity index (χ1v) is 6.75. The third kappa shape index (κ3) is 3.08. The molecule has 0 saturated carbocycles. The molecule has 0 aliphatic carbocycles. The second kappa shape index (κ2) is 6.17. The van der Waals surface area contributed by atoms with Crippen molar-refractivity contribution in [3.05, 3.63) is 17.5 Å². The van der Waals surface area contributed by atoms with Crippen LogP contribution in [0.2, 0.25) is 0 Å². The minimum atomic E-state index is 0.302. The predicted molar refractivity (Wildman–Crippen MR) is 78.4 cm³/mol. The van der Waals surface area contributed by atoms with E-state index < -0.39 is 0 Å². The third-order valence-electron chi connectivity index (χ3n) is 3.08. The zero-order valence-electron chi connectivity index (χ0n) is 12.4. The Bertz CT molecular complexity index is 701. The number of aromatic nitrogens is 4. The predicted octanol–water partition coefficient (Wildman–Crippen LogP) is 2.59. The number of nitriles is 1. The minimum absolute atomic E-state index is 0.302. The van der Waals surface area contributed by atoms with Crippen molar-refractivity contribution in [2.45, 2.75) is 33.2 Å². The molecule has 2 rings (SSSR count). The van der Waals surface area contributed by atoms with E-state index in [0.29, 0.717) is 28.6 Å². The first kappa shape index (κ1) is 14.7. The molecule has 0 amide bonds. The van der Waals surface area contributed by atoms with Crippen LogP contribution in [-0.2, 0) is 13.6 Å². The van der Waals surface area contributed by atoms with Crippen molar-refractivity contribution < 1.29 is 0 Å². The smallest absolute Gasteiger partial charge is 0.213 e. The molecule has 0 spiro atoms. The van der Waals surface area contributed by atoms with Crippen LogP contribution in [0.1, 0.15) is 31.0 Å². The molecular formula is C13H18N8. The average molecular weight is 286 g/mol. The van der Waals surface area contributed by atoms with Crippen molar-refractivity contribution in [1.82, 2.24) is 19.6 Å². The van der Waals surface area contributed by atoms with Crippen LogP contribution in [-0.4, -0.2) is 19.6 Å². The summed E-state index contributed by atoms with van der Waals surface area (Å²) >= 11 is 0. The lowest BCUT2D eigenvalue weighted by Gasteiger charge is -1.96. The zero-order chi connectivity index (χ0) is 15.4. The molecule has 0 bridgehead atoms. The number of aryl methyl sites for hydroxylation is 3. The maximum Gasteiger partial charge on any atom is 0.213 e. The Morgan fingerprint density at radius 2 is 2.14 bits per heavy atom. The van der Waals surface area contributed by atoms with Gasteiger partial charge in [-0.05, 0) is 13.3 Å². The van der Waals surface area contributed by atoms with Gasteiger partial charge in [0.2, 0.25) is 5.82 Å². The molecule has 0 aliphatic rings. The number of hydrogen-bond donors (Lipinski definition) is 1. The summed E-state index contributed by atoms with van der Waals surface area (Å²) in [7, 11) is 1.74. The summed E-state index contributed by atoms with van der Waals surface area (Å²) < 4.78 is 3.25. The Balaban J connectivity index is 2.28. The zero-order valence-corrected chi connectivity index (χ0v) is 12.4. The lowest BCUT2D eigenvalue weighted by atomic mass is 10.3. The van der Waals surface area contributed by atoms with Crippen molar-refractivity contribution in [3.63, 3.8) is 0 Å². The van der Waals surface area contributed by atoms with Gasteiger partial charge in [0.05, 0.1) is 5.69 Å². The van der Waals surface area contributed by atoms with E-state index >= 15 is 0 Å². The molecule has 21 heavy (non-hydrogen) atoms. The standard InChI is InChI=1S/C13H18N8/c1-4-5-6-21-8-10(7-14)13(19-21)17-16-11-9(2)18-20(3)12(11)15/h8H,4-6,15H2,1-3H3. The van der Waals surface area contributed by atoms with Crippen LogP contribution in [0, 0.1) is 18.3 Å². The fourth-order valence-corrected chi connectivity index (χ4v) is 1.88. The van der Waals surface area contributed by atoms with Crippen LogP contribution < -0.4 is 5.73 Å². The van der Waals surface area contributed by atoms with E-state index in [-0.39, 0.29) is 0 Å². The topological polar surface area (TPSA) is 110 Å². The van der Waals surface area contributed by atoms with E-state index in [4.69, 9.17) is 11.0 Å². The van der Waals surface area contributed by atoms with Crippen molar-refractivity contribution in [2.24, 2.45) is 17.3 Å². The van der Waals surface area contributed by atoms with E-state index in [1.807, 2.05) is 0 Å². The Labute approximate surface area is 122 Å². The van der Waals surface area contributed by atoms with Gasteiger partial charge in [0, 0.05) is 19.8 Å². The molecule has 8 heteroatoms. The molecule has 0 radical (unpaired) electrons. The molecule has 0 saturated heterocycles. The van der Waals surface area contributed by atoms with Gasteiger partial charge >= 0.3 is 0 Å². The number of nitrogens with zero attached hydrogens (tertiary/aromatic N) is 7. The molecule has 0 aliphatic heterocycles. The highest BCUT2D eigenvalue weighted by Crippen LogP contribution is 2.27. The fraction of sp³-hybridized carbons (Fsp3) is 0.462. The van der Waals surface area contributed by atoms with Gasteiger partial charge in [-0.15, -0.1) is 15.3 Å². The number of nitrogen functional groups attached to an aromatic ring is 1. The SMILES string of the molecule is CCCCn1cc(C#N)c(N=Nc2c(C)nn(C)c2N)n1. The lowest BCUT2D eigenvalue weighted by molar-refractivity contribution is 0.572. The molecule has 2 heterocycles. The van der Waals surface area contributed by atoms with Crippen molar-refractivity contribution in [1.29, 1.82) is 5.26 Å². The lowest BCUT2D eigenvalue weighted by Crippen LogP contribution is -1.97. The maximum atomic E-state index is 9.12. The van der Waals surface area contributed by atoms with E-state index in [9.17, 15) is 0 Å². The minimum Gasteiger partial charge on any atom is -0.382 e. The van der Waals surface area contributed by atoms with Gasteiger partial charge in [-0.3, -0.25) is 9.36 Å². The molecule has 0 atom stereocenters. The van der Waals surface area contributed by atoms with Crippen LogP contribution in [0.3, 0.4) is 0 Å². The molecule has 8 nitrogen and oxygen atoms in total. The number of hydrogen-bond acceptors (Lipinski definition) is 6. The highest BCUT2D eigenvalue weighted by Gasteiger charge is 2.11. The van der Waals surface area contributed by atoms with Gasteiger partial charge < -0.3 is 5.73 Å². The molecule has 2 N–H and O–H groups in total. The highest BCUT2D eigenvalue weighted by atomic mass is 15.3. The van der Waals surface area contributed by atoms with E-state index in [1.165, 1.54) is 4.68 Å². The van der Waals surface area contributed by atoms with Crippen LogP contribution in [0.4, 0.5) is 17.3 Å². The second-order valence-corrected chi connectivity index (χ2v) is 4.74. The molecule has 110 valence electrons. The number of unbranched alkanes of at least 4 members (excludes halogenated alkanes) is 1. The Morgan fingerprint density at radius 3 is 2.71 bits per heavy atom. The van der Waals surface area contributed by atoms with E-state index in [0.717, 1.165) is 19.4 Å². The molecule has 2 aromatic rings. The van der Waals surface area contributed by atoms with Crippen molar-refractivity contribution in [3.8, 4) is 6.07 Å². The van der Waals surface area contributed by atoms with Crippen molar-refractivity contribution >= 4 is 17.3 Å². The monoisotopic (exact) mass is 286 g/mol. The third-order valence-corrected chi connectivity index (χ3v) is 3.08. The molecule has 0 aromatic carbocycles. The van der Waals surface area contributed by atoms with Gasteiger partial charge in [-0.25, -0.2) is 0 Å². The maximum absolute atomic E-state index is 9.12.